The van der Waals surface area contributed by atoms with Crippen molar-refractivity contribution in [3.8, 4) is 0 Å². The van der Waals surface area contributed by atoms with Gasteiger partial charge in [-0.25, -0.2) is 4.79 Å². The van der Waals surface area contributed by atoms with E-state index in [1.165, 1.54) is 0 Å². The molecule has 0 bridgehead atoms. The fourth-order valence-corrected chi connectivity index (χ4v) is 1.36. The first-order valence-corrected chi connectivity index (χ1v) is 4.49. The number of nitrogens with zero attached hydrogens (tertiary/aromatic N) is 1. The first-order chi connectivity index (χ1) is 7.42. The van der Waals surface area contributed by atoms with Gasteiger partial charge in [0.15, 0.2) is 0 Å². The summed E-state index contributed by atoms with van der Waals surface area (Å²) >= 11 is 0. The Morgan fingerprint density at radius 1 is 1.62 bits per heavy atom. The van der Waals surface area contributed by atoms with E-state index in [-0.39, 0.29) is 12.0 Å². The van der Waals surface area contributed by atoms with E-state index < -0.39 is 24.8 Å². The minimum atomic E-state index is -2.37. The Morgan fingerprint density at radius 3 is 2.69 bits per heavy atom. The first kappa shape index (κ1) is 5.89. The highest BCUT2D eigenvalue weighted by molar-refractivity contribution is 5.72. The van der Waals surface area contributed by atoms with E-state index in [0.717, 1.165) is 4.90 Å². The molecule has 0 aliphatic carbocycles. The Hall–Kier alpha value is -0.730. The van der Waals surface area contributed by atoms with Gasteiger partial charge in [-0.3, -0.25) is 0 Å². The van der Waals surface area contributed by atoms with Gasteiger partial charge in [-0.2, -0.15) is 0 Å². The van der Waals surface area contributed by atoms with Crippen LogP contribution in [0.1, 0.15) is 39.0 Å². The van der Waals surface area contributed by atoms with Gasteiger partial charge in [-0.15, -0.1) is 0 Å². The minimum absolute atomic E-state index is 0.157. The Bertz CT molecular complexity index is 325. The van der Waals surface area contributed by atoms with Crippen LogP contribution in [0.5, 0.6) is 0 Å². The number of likely N-dealkylation sites (tertiary alicyclic amines) is 1. The summed E-state index contributed by atoms with van der Waals surface area (Å²) in [6, 6.07) is -0.911. The van der Waals surface area contributed by atoms with Crippen molar-refractivity contribution in [1.29, 1.82) is 0 Å². The predicted octanol–water partition coefficient (Wildman–Crippen LogP) is 1.82. The molecule has 0 aromatic rings. The summed E-state index contributed by atoms with van der Waals surface area (Å²) in [6.45, 7) is 3.43. The van der Waals surface area contributed by atoms with Gasteiger partial charge in [0.25, 0.3) is 0 Å². The number of carbonyl (C=O) groups excluding carboxylic acids is 1. The van der Waals surface area contributed by atoms with Gasteiger partial charge in [0.1, 0.15) is 0 Å². The summed E-state index contributed by atoms with van der Waals surface area (Å²) in [5, 5.41) is 0. The van der Waals surface area contributed by atoms with Crippen LogP contribution in [0.25, 0.3) is 0 Å². The van der Waals surface area contributed by atoms with Crippen LogP contribution in [0.4, 0.5) is 4.79 Å². The van der Waals surface area contributed by atoms with E-state index in [2.05, 4.69) is 0 Å². The molecule has 2 N–H and O–H groups in total. The van der Waals surface area contributed by atoms with Gasteiger partial charge in [0.2, 0.25) is 0 Å². The summed E-state index contributed by atoms with van der Waals surface area (Å²) in [5.74, 6) is -0.458. The zero-order valence-electron chi connectivity index (χ0n) is 12.4. The molecule has 1 atom stereocenters. The number of primary amides is 1. The molecule has 1 aliphatic rings. The third kappa shape index (κ3) is 2.61. The molecule has 1 aliphatic heterocycles. The molecule has 76 valence electrons. The van der Waals surface area contributed by atoms with Crippen molar-refractivity contribution >= 4 is 6.03 Å². The van der Waals surface area contributed by atoms with Crippen molar-refractivity contribution in [2.75, 3.05) is 13.0 Å². The van der Waals surface area contributed by atoms with E-state index in [0.29, 0.717) is 6.42 Å². The average molecular weight is 188 g/mol. The van der Waals surface area contributed by atoms with Crippen molar-refractivity contribution in [1.82, 2.24) is 4.90 Å². The highest BCUT2D eigenvalue weighted by atomic mass is 16.2. The minimum Gasteiger partial charge on any atom is -0.351 e. The Kier molecular flexibility index (Phi) is 1.61. The lowest BCUT2D eigenvalue weighted by Gasteiger charge is -2.38. The Labute approximate surface area is 85.9 Å². The molecule has 0 aromatic carbocycles. The van der Waals surface area contributed by atoms with Crippen LogP contribution in [0.2, 0.25) is 0 Å². The van der Waals surface area contributed by atoms with Gasteiger partial charge < -0.3 is 10.6 Å². The van der Waals surface area contributed by atoms with Gasteiger partial charge >= 0.3 is 6.03 Å². The number of rotatable bonds is 0. The first-order valence-electron chi connectivity index (χ1n) is 6.49. The van der Waals surface area contributed by atoms with Gasteiger partial charge in [-0.05, 0) is 24.1 Å². The van der Waals surface area contributed by atoms with Crippen LogP contribution in [0.15, 0.2) is 0 Å². The molecule has 1 saturated heterocycles. The molecular weight excluding hydrogens is 164 g/mol. The molecule has 0 saturated carbocycles. The summed E-state index contributed by atoms with van der Waals surface area (Å²) < 4.78 is 31.7. The van der Waals surface area contributed by atoms with E-state index >= 15 is 0 Å². The fraction of sp³-hybridized carbons (Fsp3) is 0.900. The summed E-state index contributed by atoms with van der Waals surface area (Å²) in [4.78, 5) is 11.9. The number of piperidine rings is 1. The second kappa shape index (κ2) is 3.56. The molecule has 0 radical (unpaired) electrons. The van der Waals surface area contributed by atoms with E-state index in [1.807, 2.05) is 20.8 Å². The van der Waals surface area contributed by atoms with Gasteiger partial charge in [0.05, 0.1) is 0 Å². The molecule has 0 aromatic heterocycles. The number of nitrogens with two attached hydrogens (primary N) is 1. The van der Waals surface area contributed by atoms with Crippen LogP contribution in [-0.2, 0) is 0 Å². The number of carbonyl (C=O) groups is 1. The zero-order valence-corrected chi connectivity index (χ0v) is 8.42. The van der Waals surface area contributed by atoms with E-state index in [9.17, 15) is 4.79 Å². The number of hydrogen-bond acceptors (Lipinski definition) is 1. The van der Waals surface area contributed by atoms with Crippen LogP contribution in [0, 0.1) is 11.3 Å². The molecule has 1 fully saturated rings. The van der Waals surface area contributed by atoms with Crippen LogP contribution < -0.4 is 5.73 Å². The summed E-state index contributed by atoms with van der Waals surface area (Å²) in [6.07, 6.45) is -1.70. The van der Waals surface area contributed by atoms with Crippen LogP contribution in [-0.4, -0.2) is 24.0 Å². The average Bonchev–Trinajstić information content (AvgIpc) is 2.06. The highest BCUT2D eigenvalue weighted by Crippen LogP contribution is 2.33. The van der Waals surface area contributed by atoms with E-state index in [1.54, 1.807) is 0 Å². The van der Waals surface area contributed by atoms with Gasteiger partial charge in [0, 0.05) is 18.5 Å². The molecule has 2 amide bonds. The zero-order chi connectivity index (χ0) is 13.6. The lowest BCUT2D eigenvalue weighted by atomic mass is 9.75. The van der Waals surface area contributed by atoms with Crippen LogP contribution in [0.3, 0.4) is 0 Å². The monoisotopic (exact) mass is 188 g/mol. The van der Waals surface area contributed by atoms with Crippen molar-refractivity contribution in [2.24, 2.45) is 17.1 Å². The highest BCUT2D eigenvalue weighted by Gasteiger charge is 2.29. The van der Waals surface area contributed by atoms with Crippen molar-refractivity contribution in [3.05, 3.63) is 0 Å². The third-order valence-corrected chi connectivity index (χ3v) is 2.33. The SMILES string of the molecule is [2H]C1([2H])C(C(C)(C)C)CCN(C(N)=O)C1([2H])[2H]. The molecule has 3 heteroatoms. The maximum absolute atomic E-state index is 11.2. The molecular formula is C10H20N2O. The molecule has 0 spiro atoms. The second-order valence-corrected chi connectivity index (χ2v) is 4.45. The molecule has 1 heterocycles. The summed E-state index contributed by atoms with van der Waals surface area (Å²) in [5.41, 5.74) is 4.74. The number of amides is 2. The van der Waals surface area contributed by atoms with Gasteiger partial charge in [-0.1, -0.05) is 20.8 Å². The van der Waals surface area contributed by atoms with Crippen molar-refractivity contribution in [3.63, 3.8) is 0 Å². The maximum atomic E-state index is 11.2. The predicted molar refractivity (Wildman–Crippen MR) is 53.3 cm³/mol. The quantitative estimate of drug-likeness (QED) is 0.619. The smallest absolute Gasteiger partial charge is 0.314 e. The lowest BCUT2D eigenvalue weighted by molar-refractivity contribution is 0.126. The molecule has 1 rings (SSSR count). The van der Waals surface area contributed by atoms with Crippen molar-refractivity contribution < 1.29 is 10.3 Å². The lowest BCUT2D eigenvalue weighted by Crippen LogP contribution is -2.43. The van der Waals surface area contributed by atoms with E-state index in [4.69, 9.17) is 11.2 Å². The Morgan fingerprint density at radius 2 is 2.23 bits per heavy atom. The maximum Gasteiger partial charge on any atom is 0.314 e. The number of hydrogen-bond donors (Lipinski definition) is 1. The molecule has 13 heavy (non-hydrogen) atoms. The Balaban J connectivity index is 3.15. The molecule has 1 unspecified atom stereocenters. The third-order valence-electron chi connectivity index (χ3n) is 2.33. The number of urea groups is 1. The van der Waals surface area contributed by atoms with Crippen LogP contribution >= 0.6 is 0 Å². The summed E-state index contributed by atoms with van der Waals surface area (Å²) in [7, 11) is 0. The second-order valence-electron chi connectivity index (χ2n) is 4.45. The largest absolute Gasteiger partial charge is 0.351 e. The normalized spacial score (nSPS) is 36.8. The standard InChI is InChI=1S/C10H20N2O/c1-10(2,3)8-4-6-12(7-5-8)9(11)13/h8H,4-7H2,1-3H3,(H2,11,13)/i4D2,6D2. The fourth-order valence-electron chi connectivity index (χ4n) is 1.36. The topological polar surface area (TPSA) is 46.3 Å². The molecule has 3 nitrogen and oxygen atoms in total. The van der Waals surface area contributed by atoms with Crippen molar-refractivity contribution in [2.45, 2.75) is 33.6 Å².